The monoisotopic (exact) mass is 562 g/mol. The van der Waals surface area contributed by atoms with Crippen molar-refractivity contribution in [3.05, 3.63) is 142 Å². The third kappa shape index (κ3) is 5.44. The highest BCUT2D eigenvalue weighted by Gasteiger charge is 2.32. The van der Waals surface area contributed by atoms with E-state index < -0.39 is 11.8 Å². The van der Waals surface area contributed by atoms with Crippen LogP contribution in [0.1, 0.15) is 34.4 Å². The van der Waals surface area contributed by atoms with Crippen LogP contribution in [0.4, 0.5) is 0 Å². The minimum Gasteiger partial charge on any atom is -0.298 e. The van der Waals surface area contributed by atoms with Crippen molar-refractivity contribution < 1.29 is 4.79 Å². The normalized spacial score (nSPS) is 12.8. The summed E-state index contributed by atoms with van der Waals surface area (Å²) < 4.78 is 0. The van der Waals surface area contributed by atoms with Crippen LogP contribution in [-0.4, -0.2) is 25.7 Å². The molecule has 0 spiro atoms. The van der Waals surface area contributed by atoms with E-state index in [1.807, 2.05) is 72.8 Å². The van der Waals surface area contributed by atoms with E-state index in [1.54, 1.807) is 36.9 Å². The largest absolute Gasteiger partial charge is 0.298 e. The molecular formula is C33H24Cl2N4O. The maximum atomic E-state index is 14.7. The molecular weight excluding hydrogens is 539 g/mol. The number of carbonyl (C=O) groups excluding carboxylic acids is 1. The first kappa shape index (κ1) is 26.1. The summed E-state index contributed by atoms with van der Waals surface area (Å²) in [5.74, 6) is -1.07. The van der Waals surface area contributed by atoms with Gasteiger partial charge >= 0.3 is 0 Å². The van der Waals surface area contributed by atoms with Crippen molar-refractivity contribution in [2.75, 3.05) is 0 Å². The van der Waals surface area contributed by atoms with Gasteiger partial charge in [-0.3, -0.25) is 24.7 Å². The molecule has 4 aromatic heterocycles. The number of halogens is 2. The fourth-order valence-corrected chi connectivity index (χ4v) is 5.46. The Morgan fingerprint density at radius 2 is 1.02 bits per heavy atom. The van der Waals surface area contributed by atoms with Gasteiger partial charge in [-0.25, -0.2) is 0 Å². The quantitative estimate of drug-likeness (QED) is 0.189. The predicted molar refractivity (Wildman–Crippen MR) is 160 cm³/mol. The van der Waals surface area contributed by atoms with Crippen LogP contribution in [0.25, 0.3) is 21.8 Å². The topological polar surface area (TPSA) is 68.6 Å². The van der Waals surface area contributed by atoms with E-state index in [1.165, 1.54) is 0 Å². The SMILES string of the molecule is O=C(C(Cc1ccnc2ccccc12)c1ccc(Cl)cn1)C(Cc1ccnc2ccccc12)c1ccc(Cl)cn1. The van der Waals surface area contributed by atoms with E-state index in [2.05, 4.69) is 19.9 Å². The average molecular weight is 563 g/mol. The number of pyridine rings is 4. The minimum atomic E-state index is -0.543. The number of rotatable bonds is 8. The zero-order chi connectivity index (χ0) is 27.5. The Balaban J connectivity index is 1.46. The van der Waals surface area contributed by atoms with E-state index in [4.69, 9.17) is 23.2 Å². The number of carbonyl (C=O) groups is 1. The molecule has 2 atom stereocenters. The van der Waals surface area contributed by atoms with Crippen molar-refractivity contribution in [2.45, 2.75) is 24.7 Å². The molecule has 196 valence electrons. The second-order valence-electron chi connectivity index (χ2n) is 9.69. The van der Waals surface area contributed by atoms with Gasteiger partial charge in [0.2, 0.25) is 0 Å². The Kier molecular flexibility index (Phi) is 7.49. The highest BCUT2D eigenvalue weighted by molar-refractivity contribution is 6.30. The lowest BCUT2D eigenvalue weighted by molar-refractivity contribution is -0.122. The van der Waals surface area contributed by atoms with Crippen molar-refractivity contribution in [1.82, 2.24) is 19.9 Å². The fourth-order valence-electron chi connectivity index (χ4n) is 5.24. The standard InChI is InChI=1S/C33H24Cl2N4O/c34-23-9-11-31(38-19-23)27(17-21-13-15-36-29-7-3-1-5-25(21)29)33(40)28(32-12-10-24(35)20-39-32)18-22-14-16-37-30-8-4-2-6-26(22)30/h1-16,19-20,27-28H,17-18H2. The summed E-state index contributed by atoms with van der Waals surface area (Å²) in [4.78, 5) is 32.9. The third-order valence-corrected chi connectivity index (χ3v) is 7.68. The molecule has 0 saturated carbocycles. The van der Waals surface area contributed by atoms with Gasteiger partial charge in [-0.05, 0) is 72.5 Å². The number of nitrogens with zero attached hydrogens (tertiary/aromatic N) is 4. The maximum absolute atomic E-state index is 14.7. The molecule has 0 aliphatic heterocycles. The van der Waals surface area contributed by atoms with Crippen molar-refractivity contribution in [1.29, 1.82) is 0 Å². The molecule has 0 saturated heterocycles. The first-order valence-corrected chi connectivity index (χ1v) is 13.7. The number of benzene rings is 2. The van der Waals surface area contributed by atoms with Gasteiger partial charge in [0.05, 0.1) is 44.3 Å². The van der Waals surface area contributed by atoms with Crippen LogP contribution in [0.2, 0.25) is 10.0 Å². The van der Waals surface area contributed by atoms with Crippen LogP contribution in [0.15, 0.2) is 110 Å². The second-order valence-corrected chi connectivity index (χ2v) is 10.6. The molecule has 0 radical (unpaired) electrons. The summed E-state index contributed by atoms with van der Waals surface area (Å²) in [5.41, 5.74) is 5.14. The Hall–Kier alpha value is -4.19. The highest BCUT2D eigenvalue weighted by atomic mass is 35.5. The lowest BCUT2D eigenvalue weighted by Crippen LogP contribution is -2.26. The van der Waals surface area contributed by atoms with Gasteiger partial charge in [0, 0.05) is 35.6 Å². The van der Waals surface area contributed by atoms with E-state index in [0.29, 0.717) is 34.3 Å². The molecule has 0 aliphatic rings. The molecule has 0 aliphatic carbocycles. The van der Waals surface area contributed by atoms with E-state index in [9.17, 15) is 4.79 Å². The summed E-state index contributed by atoms with van der Waals surface area (Å²) >= 11 is 12.4. The van der Waals surface area contributed by atoms with Gasteiger partial charge in [0.1, 0.15) is 0 Å². The molecule has 6 aromatic rings. The molecule has 0 amide bonds. The molecule has 6 rings (SSSR count). The van der Waals surface area contributed by atoms with E-state index >= 15 is 0 Å². The number of Topliss-reactive ketones (excluding diaryl/α,β-unsaturated/α-hetero) is 1. The van der Waals surface area contributed by atoms with Crippen molar-refractivity contribution in [3.63, 3.8) is 0 Å². The molecule has 4 heterocycles. The van der Waals surface area contributed by atoms with Crippen LogP contribution in [0.5, 0.6) is 0 Å². The van der Waals surface area contributed by atoms with Gasteiger partial charge in [-0.1, -0.05) is 59.6 Å². The van der Waals surface area contributed by atoms with Crippen LogP contribution >= 0.6 is 23.2 Å². The van der Waals surface area contributed by atoms with Crippen LogP contribution in [-0.2, 0) is 17.6 Å². The molecule has 0 N–H and O–H groups in total. The first-order chi connectivity index (χ1) is 19.6. The molecule has 7 heteroatoms. The first-order valence-electron chi connectivity index (χ1n) is 13.0. The van der Waals surface area contributed by atoms with Gasteiger partial charge in [-0.15, -0.1) is 0 Å². The molecule has 40 heavy (non-hydrogen) atoms. The third-order valence-electron chi connectivity index (χ3n) is 7.23. The Morgan fingerprint density at radius 3 is 1.45 bits per heavy atom. The van der Waals surface area contributed by atoms with Crippen molar-refractivity contribution >= 4 is 50.8 Å². The minimum absolute atomic E-state index is 0.0198. The lowest BCUT2D eigenvalue weighted by atomic mass is 9.80. The number of hydrogen-bond acceptors (Lipinski definition) is 5. The number of para-hydroxylation sites is 2. The smallest absolute Gasteiger partial charge is 0.151 e. The molecule has 0 bridgehead atoms. The summed E-state index contributed by atoms with van der Waals surface area (Å²) in [6, 6.07) is 27.1. The molecule has 5 nitrogen and oxygen atoms in total. The van der Waals surface area contributed by atoms with E-state index in [-0.39, 0.29) is 5.78 Å². The molecule has 2 unspecified atom stereocenters. The van der Waals surface area contributed by atoms with E-state index in [0.717, 1.165) is 32.9 Å². The van der Waals surface area contributed by atoms with Crippen LogP contribution in [0, 0.1) is 0 Å². The zero-order valence-electron chi connectivity index (χ0n) is 21.4. The fraction of sp³-hybridized carbons (Fsp3) is 0.121. The van der Waals surface area contributed by atoms with Crippen molar-refractivity contribution in [2.24, 2.45) is 0 Å². The Morgan fingerprint density at radius 1 is 0.575 bits per heavy atom. The Bertz CT molecular complexity index is 1660. The van der Waals surface area contributed by atoms with Crippen molar-refractivity contribution in [3.8, 4) is 0 Å². The zero-order valence-corrected chi connectivity index (χ0v) is 22.9. The summed E-state index contributed by atoms with van der Waals surface area (Å²) in [7, 11) is 0. The lowest BCUT2D eigenvalue weighted by Gasteiger charge is -2.23. The van der Waals surface area contributed by atoms with Gasteiger partial charge < -0.3 is 0 Å². The predicted octanol–water partition coefficient (Wildman–Crippen LogP) is 7.80. The summed E-state index contributed by atoms with van der Waals surface area (Å²) in [6.45, 7) is 0. The molecule has 0 fully saturated rings. The second kappa shape index (κ2) is 11.5. The maximum Gasteiger partial charge on any atom is 0.151 e. The summed E-state index contributed by atoms with van der Waals surface area (Å²) in [6.07, 6.45) is 7.67. The van der Waals surface area contributed by atoms with Crippen LogP contribution < -0.4 is 0 Å². The molecule has 2 aromatic carbocycles. The Labute approximate surface area is 241 Å². The van der Waals surface area contributed by atoms with Gasteiger partial charge in [-0.2, -0.15) is 0 Å². The highest BCUT2D eigenvalue weighted by Crippen LogP contribution is 2.34. The number of ketones is 1. The summed E-state index contributed by atoms with van der Waals surface area (Å²) in [5, 5.41) is 3.06. The van der Waals surface area contributed by atoms with Gasteiger partial charge in [0.15, 0.2) is 5.78 Å². The van der Waals surface area contributed by atoms with Crippen LogP contribution in [0.3, 0.4) is 0 Å². The van der Waals surface area contributed by atoms with Gasteiger partial charge in [0.25, 0.3) is 0 Å². The number of hydrogen-bond donors (Lipinski definition) is 0. The number of aromatic nitrogens is 4. The average Bonchev–Trinajstić information content (AvgIpc) is 2.99. The number of fused-ring (bicyclic) bond motifs is 2.